The minimum Gasteiger partial charge on any atom is -0.486 e. The van der Waals surface area contributed by atoms with Crippen molar-refractivity contribution >= 4 is 21.8 Å². The van der Waals surface area contributed by atoms with Crippen LogP contribution in [0.1, 0.15) is 41.7 Å². The van der Waals surface area contributed by atoms with Crippen molar-refractivity contribution in [3.05, 3.63) is 95.1 Å². The Morgan fingerprint density at radius 2 is 1.77 bits per heavy atom. The zero-order chi connectivity index (χ0) is 21.4. The van der Waals surface area contributed by atoms with Crippen LogP contribution in [0.5, 0.6) is 5.75 Å². The van der Waals surface area contributed by atoms with Gasteiger partial charge in [-0.05, 0) is 64.8 Å². The molecule has 0 saturated heterocycles. The van der Waals surface area contributed by atoms with E-state index >= 15 is 0 Å². The number of rotatable bonds is 5. The molecule has 4 nitrogen and oxygen atoms in total. The quantitative estimate of drug-likeness (QED) is 0.613. The summed E-state index contributed by atoms with van der Waals surface area (Å²) in [5.74, 6) is 0.446. The van der Waals surface area contributed by atoms with Gasteiger partial charge in [-0.3, -0.25) is 9.52 Å². The number of nitrogens with one attached hydrogen (secondary N) is 1. The van der Waals surface area contributed by atoms with Crippen LogP contribution in [-0.4, -0.2) is 10.1 Å². The monoisotopic (exact) mass is 429 g/mol. The highest BCUT2D eigenvalue weighted by atomic mass is 32.2. The summed E-state index contributed by atoms with van der Waals surface area (Å²) in [4.78, 5) is 11.9. The van der Waals surface area contributed by atoms with Gasteiger partial charge in [-0.2, -0.15) is 0 Å². The summed E-state index contributed by atoms with van der Waals surface area (Å²) in [6, 6.07) is 22.6. The molecule has 0 spiro atoms. The first-order chi connectivity index (χ1) is 15.1. The predicted octanol–water partition coefficient (Wildman–Crippen LogP) is 5.12. The normalized spacial score (nSPS) is 19.6. The second kappa shape index (κ2) is 8.16. The fourth-order valence-corrected chi connectivity index (χ4v) is 5.40. The summed E-state index contributed by atoms with van der Waals surface area (Å²) in [5.41, 5.74) is 7.37. The standard InChI is InChI=1S/C26H23NO3S/c1-2-17-6-3-4-7-20(17)21-8-5-9-23-22(21)14-15-24(23)30-19-12-10-18(11-13-19)25-16-26(28)27-31(25)29/h3-13,16,24H,2,14-15H2,1H3,(H,27,28)/t24-,31?/m1/s1. The van der Waals surface area contributed by atoms with E-state index in [2.05, 4.69) is 54.1 Å². The van der Waals surface area contributed by atoms with Gasteiger partial charge in [-0.15, -0.1) is 0 Å². The maximum absolute atomic E-state index is 12.0. The smallest absolute Gasteiger partial charge is 0.257 e. The molecule has 1 amide bonds. The molecule has 156 valence electrons. The largest absolute Gasteiger partial charge is 0.486 e. The van der Waals surface area contributed by atoms with Gasteiger partial charge in [0.2, 0.25) is 0 Å². The average Bonchev–Trinajstić information content (AvgIpc) is 3.36. The first kappa shape index (κ1) is 19.8. The number of hydrogen-bond donors (Lipinski definition) is 1. The second-order valence-electron chi connectivity index (χ2n) is 7.80. The van der Waals surface area contributed by atoms with E-state index in [0.29, 0.717) is 4.91 Å². The molecule has 0 fully saturated rings. The predicted molar refractivity (Wildman–Crippen MR) is 124 cm³/mol. The molecule has 0 aromatic heterocycles. The molecule has 0 radical (unpaired) electrons. The fraction of sp³-hybridized carbons (Fsp3) is 0.192. The zero-order valence-electron chi connectivity index (χ0n) is 17.3. The summed E-state index contributed by atoms with van der Waals surface area (Å²) in [7, 11) is -1.49. The van der Waals surface area contributed by atoms with Crippen molar-refractivity contribution < 1.29 is 13.7 Å². The molecular weight excluding hydrogens is 406 g/mol. The number of aryl methyl sites for hydroxylation is 1. The number of amides is 1. The van der Waals surface area contributed by atoms with Crippen molar-refractivity contribution in [2.75, 3.05) is 0 Å². The van der Waals surface area contributed by atoms with Gasteiger partial charge in [0.1, 0.15) is 11.9 Å². The van der Waals surface area contributed by atoms with E-state index in [4.69, 9.17) is 4.74 Å². The van der Waals surface area contributed by atoms with Crippen LogP contribution in [-0.2, 0) is 28.6 Å². The maximum Gasteiger partial charge on any atom is 0.257 e. The zero-order valence-corrected chi connectivity index (χ0v) is 18.1. The van der Waals surface area contributed by atoms with Crippen LogP contribution in [0.25, 0.3) is 16.0 Å². The molecule has 5 heteroatoms. The Labute approximate surface area is 184 Å². The third-order valence-electron chi connectivity index (χ3n) is 5.98. The maximum atomic E-state index is 12.0. The highest BCUT2D eigenvalue weighted by Gasteiger charge is 2.27. The topological polar surface area (TPSA) is 55.4 Å². The molecular formula is C26H23NO3S. The third kappa shape index (κ3) is 3.70. The lowest BCUT2D eigenvalue weighted by Crippen LogP contribution is -2.16. The van der Waals surface area contributed by atoms with Gasteiger partial charge in [0.15, 0.2) is 11.0 Å². The molecule has 1 aliphatic carbocycles. The van der Waals surface area contributed by atoms with Crippen LogP contribution in [0.15, 0.2) is 72.8 Å². The van der Waals surface area contributed by atoms with Crippen LogP contribution in [0, 0.1) is 0 Å². The number of fused-ring (bicyclic) bond motifs is 1. The molecule has 2 aliphatic rings. The highest BCUT2D eigenvalue weighted by Crippen LogP contribution is 2.41. The van der Waals surface area contributed by atoms with Crippen molar-refractivity contribution in [3.63, 3.8) is 0 Å². The first-order valence-corrected chi connectivity index (χ1v) is 11.7. The minimum atomic E-state index is -1.49. The van der Waals surface area contributed by atoms with Gasteiger partial charge in [-0.1, -0.05) is 61.5 Å². The van der Waals surface area contributed by atoms with Crippen molar-refractivity contribution in [2.45, 2.75) is 32.3 Å². The Hall–Kier alpha value is -3.18. The fourth-order valence-electron chi connectivity index (χ4n) is 4.48. The van der Waals surface area contributed by atoms with Crippen LogP contribution in [0.4, 0.5) is 0 Å². The molecule has 1 heterocycles. The SMILES string of the molecule is CCc1ccccc1-c1cccc2c1CC[C@H]2Oc1ccc(C2=CC(=O)NS2=O)cc1. The molecule has 1 unspecified atom stereocenters. The molecule has 0 saturated carbocycles. The van der Waals surface area contributed by atoms with Gasteiger partial charge in [0, 0.05) is 6.08 Å². The molecule has 2 atom stereocenters. The summed E-state index contributed by atoms with van der Waals surface area (Å²) < 4.78 is 20.7. The van der Waals surface area contributed by atoms with Gasteiger partial charge in [0.25, 0.3) is 5.91 Å². The molecule has 3 aromatic rings. The lowest BCUT2D eigenvalue weighted by Gasteiger charge is -2.17. The Balaban J connectivity index is 1.40. The van der Waals surface area contributed by atoms with Crippen LogP contribution in [0.2, 0.25) is 0 Å². The van der Waals surface area contributed by atoms with E-state index in [1.54, 1.807) is 0 Å². The van der Waals surface area contributed by atoms with Crippen molar-refractivity contribution in [3.8, 4) is 16.9 Å². The van der Waals surface area contributed by atoms with E-state index in [1.165, 1.54) is 33.9 Å². The Bertz CT molecular complexity index is 1210. The summed E-state index contributed by atoms with van der Waals surface area (Å²) >= 11 is 0. The third-order valence-corrected chi connectivity index (χ3v) is 7.12. The number of ether oxygens (including phenoxy) is 1. The van der Waals surface area contributed by atoms with Crippen molar-refractivity contribution in [1.29, 1.82) is 0 Å². The van der Waals surface area contributed by atoms with E-state index in [0.717, 1.165) is 30.6 Å². The summed E-state index contributed by atoms with van der Waals surface area (Å²) in [6.45, 7) is 2.20. The van der Waals surface area contributed by atoms with Crippen LogP contribution < -0.4 is 9.46 Å². The minimum absolute atomic E-state index is 0.0117. The average molecular weight is 430 g/mol. The van der Waals surface area contributed by atoms with Gasteiger partial charge >= 0.3 is 0 Å². The number of benzene rings is 3. The van der Waals surface area contributed by atoms with Crippen LogP contribution >= 0.6 is 0 Å². The van der Waals surface area contributed by atoms with E-state index in [-0.39, 0.29) is 12.0 Å². The van der Waals surface area contributed by atoms with E-state index in [9.17, 15) is 9.00 Å². The molecule has 1 N–H and O–H groups in total. The van der Waals surface area contributed by atoms with Crippen molar-refractivity contribution in [1.82, 2.24) is 4.72 Å². The molecule has 31 heavy (non-hydrogen) atoms. The summed E-state index contributed by atoms with van der Waals surface area (Å²) in [6.07, 6.45) is 4.34. The Morgan fingerprint density at radius 1 is 1.00 bits per heavy atom. The van der Waals surface area contributed by atoms with E-state index < -0.39 is 11.0 Å². The highest BCUT2D eigenvalue weighted by molar-refractivity contribution is 7.93. The van der Waals surface area contributed by atoms with E-state index in [1.807, 2.05) is 24.3 Å². The summed E-state index contributed by atoms with van der Waals surface area (Å²) in [5, 5.41) is 0. The molecule has 5 rings (SSSR count). The van der Waals surface area contributed by atoms with Gasteiger partial charge in [0.05, 0.1) is 4.91 Å². The first-order valence-electron chi connectivity index (χ1n) is 10.6. The van der Waals surface area contributed by atoms with Gasteiger partial charge < -0.3 is 4.74 Å². The Morgan fingerprint density at radius 3 is 2.52 bits per heavy atom. The number of hydrogen-bond acceptors (Lipinski definition) is 3. The van der Waals surface area contributed by atoms with Gasteiger partial charge in [-0.25, -0.2) is 4.21 Å². The lowest BCUT2D eigenvalue weighted by atomic mass is 9.92. The molecule has 1 aliphatic heterocycles. The second-order valence-corrected chi connectivity index (χ2v) is 8.98. The van der Waals surface area contributed by atoms with Crippen LogP contribution in [0.3, 0.4) is 0 Å². The van der Waals surface area contributed by atoms with Crippen molar-refractivity contribution in [2.24, 2.45) is 0 Å². The molecule has 3 aromatic carbocycles. The molecule has 0 bridgehead atoms. The number of carbonyl (C=O) groups is 1. The lowest BCUT2D eigenvalue weighted by molar-refractivity contribution is -0.114. The number of carbonyl (C=O) groups excluding carboxylic acids is 1. The Kier molecular flexibility index (Phi) is 5.20.